The predicted molar refractivity (Wildman–Crippen MR) is 203 cm³/mol. The number of hydrogen-bond acceptors (Lipinski definition) is 11. The maximum Gasteiger partial charge on any atom is 0.410 e. The van der Waals surface area contributed by atoms with Crippen molar-refractivity contribution in [3.63, 3.8) is 0 Å². The van der Waals surface area contributed by atoms with E-state index in [-0.39, 0.29) is 48.0 Å². The normalized spacial score (nSPS) is 21.1. The fourth-order valence-electron chi connectivity index (χ4n) is 8.01. The molecule has 1 spiro atoms. The lowest BCUT2D eigenvalue weighted by Gasteiger charge is -2.32. The molecule has 0 radical (unpaired) electrons. The van der Waals surface area contributed by atoms with E-state index >= 15 is 0 Å². The van der Waals surface area contributed by atoms with Gasteiger partial charge in [0.1, 0.15) is 47.9 Å². The second-order valence-electron chi connectivity index (χ2n) is 15.1. The molecule has 14 heteroatoms. The first-order chi connectivity index (χ1) is 27.0. The maximum atomic E-state index is 14.4. The van der Waals surface area contributed by atoms with E-state index in [2.05, 4.69) is 20.9 Å². The summed E-state index contributed by atoms with van der Waals surface area (Å²) in [5.74, 6) is -0.356. The molecule has 5 heterocycles. The summed E-state index contributed by atoms with van der Waals surface area (Å²) in [6.07, 6.45) is 0.614. The van der Waals surface area contributed by atoms with Crippen LogP contribution in [0, 0.1) is 11.8 Å². The van der Waals surface area contributed by atoms with E-state index < -0.39 is 47.7 Å². The zero-order valence-electron chi connectivity index (χ0n) is 31.6. The molecule has 288 valence electrons. The number of carbonyl (C=O) groups is 4. The lowest BCUT2D eigenvalue weighted by Crippen LogP contribution is -2.56. The summed E-state index contributed by atoms with van der Waals surface area (Å²) in [6.45, 7) is 7.53. The number of fused-ring (bicyclic) bond motifs is 4. The molecular weight excluding hydrogens is 716 g/mol. The highest BCUT2D eigenvalue weighted by Gasteiger charge is 2.61. The lowest BCUT2D eigenvalue weighted by atomic mass is 9.72. The van der Waals surface area contributed by atoms with Crippen LogP contribution in [0.4, 0.5) is 10.5 Å². The standard InChI is InChI=1S/C42H42N6O8/c1-22(2)32-39-47-33(38-43-26(19-49)21-53-38)35(56-39)42-27-13-9-10-14-29(27)45-40(42)55-31-16-15-25(17-28(31)42)18-30(36(50)46-32)44-37(51)34(23(3)4)48(5)41(52)54-20-24-11-7-6-8-12-24/h6-17,19,21-23,30,32,34,40,45H,18,20H2,1-5H3,(H,44,51)(H,46,50)/t30-,32-,34?,40?,42?/m0/s1. The second-order valence-corrected chi connectivity index (χ2v) is 15.1. The molecule has 0 saturated carbocycles. The minimum atomic E-state index is -1.10. The van der Waals surface area contributed by atoms with Gasteiger partial charge in [0.15, 0.2) is 24.0 Å². The molecule has 14 nitrogen and oxygen atoms in total. The molecule has 56 heavy (non-hydrogen) atoms. The van der Waals surface area contributed by atoms with Crippen LogP contribution in [0.2, 0.25) is 0 Å². The number of ether oxygens (including phenoxy) is 2. The first-order valence-corrected chi connectivity index (χ1v) is 18.6. The number of hydrogen-bond donors (Lipinski definition) is 3. The van der Waals surface area contributed by atoms with Crippen molar-refractivity contribution in [1.82, 2.24) is 25.5 Å². The molecule has 5 atom stereocenters. The summed E-state index contributed by atoms with van der Waals surface area (Å²) in [7, 11) is 1.51. The molecule has 3 aliphatic rings. The largest absolute Gasteiger partial charge is 0.469 e. The number of rotatable bonds is 9. The highest BCUT2D eigenvalue weighted by Crippen LogP contribution is 2.59. The number of aldehydes is 1. The van der Waals surface area contributed by atoms with Crippen molar-refractivity contribution in [1.29, 1.82) is 0 Å². The molecule has 3 N–H and O–H groups in total. The first kappa shape index (κ1) is 36.5. The predicted octanol–water partition coefficient (Wildman–Crippen LogP) is 5.77. The van der Waals surface area contributed by atoms with Gasteiger partial charge in [-0.3, -0.25) is 19.3 Å². The summed E-state index contributed by atoms with van der Waals surface area (Å²) < 4.78 is 24.8. The third-order valence-electron chi connectivity index (χ3n) is 10.7. The molecule has 4 bridgehead atoms. The Kier molecular flexibility index (Phi) is 9.35. The smallest absolute Gasteiger partial charge is 0.410 e. The Balaban J connectivity index is 1.20. The van der Waals surface area contributed by atoms with Crippen LogP contribution in [0.1, 0.15) is 78.1 Å². The first-order valence-electron chi connectivity index (χ1n) is 18.6. The van der Waals surface area contributed by atoms with E-state index in [1.807, 2.05) is 100 Å². The molecular formula is C42H42N6O8. The van der Waals surface area contributed by atoms with E-state index in [1.165, 1.54) is 18.2 Å². The maximum absolute atomic E-state index is 14.4. The summed E-state index contributed by atoms with van der Waals surface area (Å²) in [5, 5.41) is 9.60. The Morgan fingerprint density at radius 1 is 1.02 bits per heavy atom. The summed E-state index contributed by atoms with van der Waals surface area (Å²) in [5.41, 5.74) is 3.22. The average Bonchev–Trinajstić information content (AvgIpc) is 3.97. The third kappa shape index (κ3) is 6.14. The Bertz CT molecular complexity index is 2320. The monoisotopic (exact) mass is 758 g/mol. The van der Waals surface area contributed by atoms with Crippen LogP contribution in [0.5, 0.6) is 5.75 Å². The molecule has 5 aromatic rings. The molecule has 0 fully saturated rings. The summed E-state index contributed by atoms with van der Waals surface area (Å²) >= 11 is 0. The fourth-order valence-corrected chi connectivity index (χ4v) is 8.01. The molecule has 3 unspecified atom stereocenters. The number of anilines is 1. The average molecular weight is 759 g/mol. The van der Waals surface area contributed by atoms with Crippen LogP contribution in [-0.4, -0.2) is 64.4 Å². The van der Waals surface area contributed by atoms with E-state index in [9.17, 15) is 19.2 Å². The van der Waals surface area contributed by atoms with Gasteiger partial charge in [0, 0.05) is 24.7 Å². The molecule has 8 rings (SSSR count). The van der Waals surface area contributed by atoms with Gasteiger partial charge in [-0.25, -0.2) is 14.8 Å². The minimum absolute atomic E-state index is 0.0426. The van der Waals surface area contributed by atoms with Gasteiger partial charge in [-0.05, 0) is 40.7 Å². The van der Waals surface area contributed by atoms with Crippen molar-refractivity contribution < 1.29 is 37.5 Å². The van der Waals surface area contributed by atoms with E-state index in [1.54, 1.807) is 0 Å². The number of likely N-dealkylation sites (N-methyl/N-ethyl adjacent to an activating group) is 1. The number of carbonyl (C=O) groups excluding carboxylic acids is 4. The van der Waals surface area contributed by atoms with Crippen LogP contribution in [0.15, 0.2) is 87.9 Å². The fraction of sp³-hybridized carbons (Fsp3) is 0.333. The minimum Gasteiger partial charge on any atom is -0.469 e. The molecule has 2 aromatic heterocycles. The number of amides is 3. The van der Waals surface area contributed by atoms with Gasteiger partial charge in [0.05, 0.1) is 0 Å². The van der Waals surface area contributed by atoms with Gasteiger partial charge < -0.3 is 34.3 Å². The number of nitrogens with zero attached hydrogens (tertiary/aromatic N) is 3. The zero-order valence-corrected chi connectivity index (χ0v) is 31.6. The van der Waals surface area contributed by atoms with Crippen LogP contribution < -0.4 is 20.7 Å². The van der Waals surface area contributed by atoms with Crippen molar-refractivity contribution in [3.05, 3.63) is 119 Å². The molecule has 3 amide bonds. The molecule has 3 aliphatic heterocycles. The quantitative estimate of drug-likeness (QED) is 0.156. The van der Waals surface area contributed by atoms with E-state index in [0.29, 0.717) is 17.8 Å². The third-order valence-corrected chi connectivity index (χ3v) is 10.7. The van der Waals surface area contributed by atoms with Gasteiger partial charge in [-0.15, -0.1) is 0 Å². The SMILES string of the molecule is CC(C)C(C(=O)N[C@H]1Cc2ccc3c(c2)C2(c4ccccc4NC2O3)c2oc(nc2-c2nc(C=O)co2)[C@H](C(C)C)NC1=O)N(C)C(=O)OCc1ccccc1. The van der Waals surface area contributed by atoms with Crippen LogP contribution in [0.3, 0.4) is 0 Å². The van der Waals surface area contributed by atoms with Gasteiger partial charge in [-0.1, -0.05) is 88.4 Å². The number of para-hydroxylation sites is 1. The van der Waals surface area contributed by atoms with Crippen LogP contribution >= 0.6 is 0 Å². The van der Waals surface area contributed by atoms with Crippen LogP contribution in [-0.2, 0) is 32.8 Å². The second kappa shape index (κ2) is 14.3. The topological polar surface area (TPSA) is 178 Å². The molecule has 0 aliphatic carbocycles. The highest BCUT2D eigenvalue weighted by atomic mass is 16.6. The number of nitrogens with one attached hydrogen (secondary N) is 3. The Hall–Kier alpha value is -6.44. The highest BCUT2D eigenvalue weighted by molar-refractivity contribution is 5.92. The molecule has 0 saturated heterocycles. The number of aromatic nitrogens is 2. The Morgan fingerprint density at radius 3 is 2.52 bits per heavy atom. The van der Waals surface area contributed by atoms with E-state index in [4.69, 9.17) is 23.3 Å². The van der Waals surface area contributed by atoms with Crippen molar-refractivity contribution in [2.45, 2.75) is 70.5 Å². The van der Waals surface area contributed by atoms with E-state index in [0.717, 1.165) is 27.9 Å². The van der Waals surface area contributed by atoms with Crippen molar-refractivity contribution >= 4 is 29.9 Å². The Labute approximate surface area is 323 Å². The Morgan fingerprint density at radius 2 is 1.79 bits per heavy atom. The summed E-state index contributed by atoms with van der Waals surface area (Å²) in [6, 6.07) is 19.9. The van der Waals surface area contributed by atoms with Crippen molar-refractivity contribution in [2.75, 3.05) is 12.4 Å². The lowest BCUT2D eigenvalue weighted by molar-refractivity contribution is -0.133. The van der Waals surface area contributed by atoms with Crippen molar-refractivity contribution in [3.8, 4) is 17.3 Å². The summed E-state index contributed by atoms with van der Waals surface area (Å²) in [4.78, 5) is 64.2. The van der Waals surface area contributed by atoms with Gasteiger partial charge in [0.2, 0.25) is 23.6 Å². The van der Waals surface area contributed by atoms with Crippen LogP contribution in [0.25, 0.3) is 11.6 Å². The van der Waals surface area contributed by atoms with Gasteiger partial charge in [-0.2, -0.15) is 0 Å². The zero-order chi connectivity index (χ0) is 39.3. The van der Waals surface area contributed by atoms with Crippen molar-refractivity contribution in [2.24, 2.45) is 11.8 Å². The van der Waals surface area contributed by atoms with Gasteiger partial charge >= 0.3 is 6.09 Å². The van der Waals surface area contributed by atoms with Gasteiger partial charge in [0.25, 0.3) is 0 Å². The number of benzene rings is 3. The number of oxazole rings is 2. The molecule has 3 aromatic carbocycles.